The van der Waals surface area contributed by atoms with E-state index in [0.717, 1.165) is 72.4 Å². The molecule has 30 heavy (non-hydrogen) atoms. The van der Waals surface area contributed by atoms with Gasteiger partial charge in [0.25, 0.3) is 0 Å². The first kappa shape index (κ1) is 19.8. The van der Waals surface area contributed by atoms with Crippen LogP contribution in [-0.4, -0.2) is 29.2 Å². The molecule has 1 fully saturated rings. The summed E-state index contributed by atoms with van der Waals surface area (Å²) in [5, 5.41) is 9.34. The van der Waals surface area contributed by atoms with Crippen molar-refractivity contribution >= 4 is 79.2 Å². The highest BCUT2D eigenvalue weighted by Gasteiger charge is 2.20. The first-order chi connectivity index (χ1) is 14.2. The van der Waals surface area contributed by atoms with E-state index in [9.17, 15) is 0 Å². The summed E-state index contributed by atoms with van der Waals surface area (Å²) in [6, 6.07) is 14.4. The maximum Gasteiger partial charge on any atom is 0.167 e. The van der Waals surface area contributed by atoms with Gasteiger partial charge in [0.15, 0.2) is 5.75 Å². The fourth-order valence-electron chi connectivity index (χ4n) is 4.52. The minimum absolute atomic E-state index is 0. The average Bonchev–Trinajstić information content (AvgIpc) is 3.43. The predicted octanol–water partition coefficient (Wildman–Crippen LogP) is 6.82. The number of nitrogens with one attached hydrogen (secondary N) is 3. The zero-order valence-electron chi connectivity index (χ0n) is 16.0. The van der Waals surface area contributed by atoms with Crippen molar-refractivity contribution in [3.05, 3.63) is 52.5 Å². The molecule has 0 saturated carbocycles. The molecule has 2 aromatic heterocycles. The highest BCUT2D eigenvalue weighted by atomic mass is 35.5. The van der Waals surface area contributed by atoms with Gasteiger partial charge in [-0.1, -0.05) is 23.2 Å². The molecule has 0 spiro atoms. The summed E-state index contributed by atoms with van der Waals surface area (Å²) in [6.45, 7) is 1.70. The maximum absolute atomic E-state index is 6.45. The van der Waals surface area contributed by atoms with Gasteiger partial charge in [0.05, 0.1) is 11.0 Å². The van der Waals surface area contributed by atoms with Gasteiger partial charge in [-0.25, -0.2) is 0 Å². The van der Waals surface area contributed by atoms with Gasteiger partial charge in [-0.05, 0) is 61.9 Å². The Bertz CT molecular complexity index is 1300. The Morgan fingerprint density at radius 1 is 0.833 bits per heavy atom. The molecule has 154 valence electrons. The fraction of sp³-hybridized carbons (Fsp3) is 0.217. The lowest BCUT2D eigenvalue weighted by Gasteiger charge is -2.14. The quantitative estimate of drug-likeness (QED) is 0.277. The number of hydrogen-bond donors (Lipinski definition) is 3. The van der Waals surface area contributed by atoms with Crippen molar-refractivity contribution in [1.82, 2.24) is 15.3 Å². The van der Waals surface area contributed by atoms with Crippen LogP contribution in [0.5, 0.6) is 5.75 Å². The van der Waals surface area contributed by atoms with Crippen molar-refractivity contribution < 1.29 is 4.74 Å². The topological polar surface area (TPSA) is 52.8 Å². The van der Waals surface area contributed by atoms with Gasteiger partial charge in [-0.2, -0.15) is 0 Å². The number of halogens is 3. The lowest BCUT2D eigenvalue weighted by Crippen LogP contribution is -2.28. The second-order valence-electron chi connectivity index (χ2n) is 7.78. The molecule has 3 aromatic carbocycles. The van der Waals surface area contributed by atoms with Crippen LogP contribution in [0.4, 0.5) is 0 Å². The van der Waals surface area contributed by atoms with Crippen molar-refractivity contribution in [2.24, 2.45) is 0 Å². The Morgan fingerprint density at radius 2 is 1.43 bits per heavy atom. The molecular formula is C23H20Cl3N3O. The van der Waals surface area contributed by atoms with E-state index in [0.29, 0.717) is 12.6 Å². The van der Waals surface area contributed by atoms with Crippen molar-refractivity contribution in [2.75, 3.05) is 13.2 Å². The van der Waals surface area contributed by atoms with E-state index in [1.807, 2.05) is 36.4 Å². The van der Waals surface area contributed by atoms with Crippen LogP contribution < -0.4 is 10.1 Å². The lowest BCUT2D eigenvalue weighted by molar-refractivity contribution is 0.282. The van der Waals surface area contributed by atoms with Crippen LogP contribution in [0.3, 0.4) is 0 Å². The van der Waals surface area contributed by atoms with E-state index in [1.165, 1.54) is 6.42 Å². The second kappa shape index (κ2) is 7.54. The largest absolute Gasteiger partial charge is 0.488 e. The van der Waals surface area contributed by atoms with Crippen molar-refractivity contribution in [1.29, 1.82) is 0 Å². The summed E-state index contributed by atoms with van der Waals surface area (Å²) in [5.41, 5.74) is 4.07. The summed E-state index contributed by atoms with van der Waals surface area (Å²) >= 11 is 12.6. The molecular weight excluding hydrogens is 441 g/mol. The zero-order valence-corrected chi connectivity index (χ0v) is 18.3. The van der Waals surface area contributed by atoms with Crippen LogP contribution in [-0.2, 0) is 0 Å². The molecule has 3 heterocycles. The van der Waals surface area contributed by atoms with Crippen LogP contribution in [0.25, 0.3) is 43.6 Å². The molecule has 4 nitrogen and oxygen atoms in total. The molecule has 0 aliphatic carbocycles. The number of aromatic amines is 2. The third-order valence-corrected chi connectivity index (χ3v) is 6.41. The van der Waals surface area contributed by atoms with Crippen LogP contribution in [0.2, 0.25) is 10.0 Å². The molecule has 0 bridgehead atoms. The van der Waals surface area contributed by atoms with Crippen LogP contribution in [0, 0.1) is 0 Å². The van der Waals surface area contributed by atoms with E-state index < -0.39 is 0 Å². The van der Waals surface area contributed by atoms with Gasteiger partial charge in [0.1, 0.15) is 6.61 Å². The lowest BCUT2D eigenvalue weighted by atomic mass is 10.1. The van der Waals surface area contributed by atoms with E-state index in [2.05, 4.69) is 21.4 Å². The molecule has 0 radical (unpaired) electrons. The standard InChI is InChI=1S/C23H19Cl2N3O.ClH/c24-12-3-5-19-15(8-12)17-10-18-16-9-13(25)4-6-20(16)28-22(18)23(21(17)27-19)29-11-14-2-1-7-26-14;/h3-6,8-10,14,26-28H,1-2,7,11H2;1H. The summed E-state index contributed by atoms with van der Waals surface area (Å²) < 4.78 is 6.45. The number of ether oxygens (including phenoxy) is 1. The molecule has 3 N–H and O–H groups in total. The van der Waals surface area contributed by atoms with Gasteiger partial charge < -0.3 is 20.0 Å². The number of benzene rings is 3. The molecule has 1 atom stereocenters. The summed E-state index contributed by atoms with van der Waals surface area (Å²) in [4.78, 5) is 7.09. The van der Waals surface area contributed by atoms with Gasteiger partial charge in [0.2, 0.25) is 0 Å². The number of hydrogen-bond acceptors (Lipinski definition) is 2. The van der Waals surface area contributed by atoms with Gasteiger partial charge in [-0.3, -0.25) is 0 Å². The van der Waals surface area contributed by atoms with E-state index in [4.69, 9.17) is 27.9 Å². The SMILES string of the molecule is Cl.Clc1ccc2[nH]c3c(OCC4CCCN4)c4[nH]c5ccc(Cl)cc5c4cc3c2c1. The Hall–Kier alpha value is -2.11. The van der Waals surface area contributed by atoms with Crippen molar-refractivity contribution in [3.63, 3.8) is 0 Å². The number of H-pyrrole nitrogens is 2. The summed E-state index contributed by atoms with van der Waals surface area (Å²) in [5.74, 6) is 0.853. The highest BCUT2D eigenvalue weighted by molar-refractivity contribution is 6.33. The molecule has 6 rings (SSSR count). The molecule has 5 aromatic rings. The second-order valence-corrected chi connectivity index (χ2v) is 8.66. The Labute approximate surface area is 189 Å². The third-order valence-electron chi connectivity index (χ3n) is 5.94. The smallest absolute Gasteiger partial charge is 0.167 e. The van der Waals surface area contributed by atoms with E-state index in [-0.39, 0.29) is 12.4 Å². The van der Waals surface area contributed by atoms with Crippen LogP contribution >= 0.6 is 35.6 Å². The number of aromatic nitrogens is 2. The van der Waals surface area contributed by atoms with Gasteiger partial charge >= 0.3 is 0 Å². The molecule has 1 aliphatic heterocycles. The molecule has 0 amide bonds. The summed E-state index contributed by atoms with van der Waals surface area (Å²) in [6.07, 6.45) is 2.34. The first-order valence-electron chi connectivity index (χ1n) is 9.88. The summed E-state index contributed by atoms with van der Waals surface area (Å²) in [7, 11) is 0. The molecule has 1 unspecified atom stereocenters. The number of fused-ring (bicyclic) bond motifs is 6. The van der Waals surface area contributed by atoms with Crippen molar-refractivity contribution in [3.8, 4) is 5.75 Å². The molecule has 1 aliphatic rings. The monoisotopic (exact) mass is 459 g/mol. The normalized spacial score (nSPS) is 16.7. The van der Waals surface area contributed by atoms with E-state index in [1.54, 1.807) is 0 Å². The van der Waals surface area contributed by atoms with E-state index >= 15 is 0 Å². The van der Waals surface area contributed by atoms with Crippen molar-refractivity contribution in [2.45, 2.75) is 18.9 Å². The van der Waals surface area contributed by atoms with Gasteiger partial charge in [-0.15, -0.1) is 12.4 Å². The maximum atomic E-state index is 6.45. The molecule has 7 heteroatoms. The van der Waals surface area contributed by atoms with Crippen LogP contribution in [0.15, 0.2) is 42.5 Å². The Kier molecular flexibility index (Phi) is 4.98. The fourth-order valence-corrected chi connectivity index (χ4v) is 4.87. The third kappa shape index (κ3) is 3.10. The minimum Gasteiger partial charge on any atom is -0.488 e. The van der Waals surface area contributed by atoms with Gasteiger partial charge in [0, 0.05) is 48.7 Å². The predicted molar refractivity (Wildman–Crippen MR) is 129 cm³/mol. The molecule has 1 saturated heterocycles. The minimum atomic E-state index is 0. The average molecular weight is 461 g/mol. The first-order valence-corrected chi connectivity index (χ1v) is 10.6. The van der Waals surface area contributed by atoms with Crippen LogP contribution in [0.1, 0.15) is 12.8 Å². The zero-order chi connectivity index (χ0) is 19.5. The highest BCUT2D eigenvalue weighted by Crippen LogP contribution is 2.41. The Morgan fingerprint density at radius 3 is 1.97 bits per heavy atom. The number of rotatable bonds is 3. The Balaban J connectivity index is 0.00000193.